The van der Waals surface area contributed by atoms with Crippen LogP contribution in [0.4, 0.5) is 0 Å². The summed E-state index contributed by atoms with van der Waals surface area (Å²) in [6, 6.07) is 0. The van der Waals surface area contributed by atoms with Crippen molar-refractivity contribution in [3.8, 4) is 0 Å². The number of hydrogen-bond acceptors (Lipinski definition) is 6. The number of rotatable bonds is 1. The Morgan fingerprint density at radius 1 is 0.929 bits per heavy atom. The lowest BCUT2D eigenvalue weighted by atomic mass is 10.1. The van der Waals surface area contributed by atoms with Crippen molar-refractivity contribution in [2.75, 3.05) is 0 Å². The number of esters is 2. The Hall–Kier alpha value is -1.66. The van der Waals surface area contributed by atoms with Gasteiger partial charge in [0.1, 0.15) is 0 Å². The molecular weight excluding hydrogens is 192 g/mol. The van der Waals surface area contributed by atoms with Gasteiger partial charge < -0.3 is 19.7 Å². The lowest BCUT2D eigenvalue weighted by Gasteiger charge is -2.31. The molecular formula is C8H6O6. The molecule has 0 bridgehead atoms. The van der Waals surface area contributed by atoms with Crippen molar-refractivity contribution < 1.29 is 29.3 Å². The van der Waals surface area contributed by atoms with E-state index in [1.165, 1.54) is 0 Å². The second-order valence-corrected chi connectivity index (χ2v) is 2.90. The number of carbonyl (C=O) groups is 2. The fourth-order valence-electron chi connectivity index (χ4n) is 1.19. The van der Waals surface area contributed by atoms with Gasteiger partial charge in [-0.25, -0.2) is 9.59 Å². The lowest BCUT2D eigenvalue weighted by molar-refractivity contribution is -0.307. The van der Waals surface area contributed by atoms with Gasteiger partial charge >= 0.3 is 23.5 Å². The van der Waals surface area contributed by atoms with E-state index in [4.69, 9.17) is 0 Å². The Balaban J connectivity index is 2.32. The van der Waals surface area contributed by atoms with Crippen LogP contribution in [0.2, 0.25) is 0 Å². The summed E-state index contributed by atoms with van der Waals surface area (Å²) in [5.41, 5.74) is 0. The third-order valence-corrected chi connectivity index (χ3v) is 1.92. The third-order valence-electron chi connectivity index (χ3n) is 1.92. The molecule has 2 heterocycles. The van der Waals surface area contributed by atoms with E-state index in [0.29, 0.717) is 0 Å². The van der Waals surface area contributed by atoms with Crippen LogP contribution in [0.3, 0.4) is 0 Å². The largest absolute Gasteiger partial charge is 0.418 e. The number of ether oxygens (including phenoxy) is 2. The zero-order valence-corrected chi connectivity index (χ0v) is 6.84. The smallest absolute Gasteiger partial charge is 0.333 e. The van der Waals surface area contributed by atoms with E-state index in [2.05, 4.69) is 9.47 Å². The van der Waals surface area contributed by atoms with E-state index in [1.807, 2.05) is 0 Å². The summed E-state index contributed by atoms with van der Waals surface area (Å²) in [4.78, 5) is 21.4. The fourth-order valence-corrected chi connectivity index (χ4v) is 1.19. The van der Waals surface area contributed by atoms with Crippen molar-refractivity contribution in [2.24, 2.45) is 0 Å². The highest BCUT2D eigenvalue weighted by Gasteiger charge is 2.57. The molecule has 14 heavy (non-hydrogen) atoms. The molecule has 6 nitrogen and oxygen atoms in total. The summed E-state index contributed by atoms with van der Waals surface area (Å²) in [6.45, 7) is 0. The van der Waals surface area contributed by atoms with Crippen molar-refractivity contribution in [1.29, 1.82) is 0 Å². The summed E-state index contributed by atoms with van der Waals surface area (Å²) >= 11 is 0. The Morgan fingerprint density at radius 3 is 1.50 bits per heavy atom. The molecule has 0 fully saturated rings. The maximum atomic E-state index is 10.7. The van der Waals surface area contributed by atoms with E-state index >= 15 is 0 Å². The Morgan fingerprint density at radius 2 is 1.29 bits per heavy atom. The summed E-state index contributed by atoms with van der Waals surface area (Å²) < 4.78 is 8.82. The zero-order chi connectivity index (χ0) is 10.4. The molecule has 0 radical (unpaired) electrons. The Labute approximate surface area is 78.0 Å². The van der Waals surface area contributed by atoms with Gasteiger partial charge in [-0.05, 0) is 0 Å². The van der Waals surface area contributed by atoms with Crippen LogP contribution < -0.4 is 0 Å². The van der Waals surface area contributed by atoms with Crippen molar-refractivity contribution in [3.05, 3.63) is 24.3 Å². The molecule has 0 spiro atoms. The number of hydrogen-bond donors (Lipinski definition) is 2. The number of cyclic esters (lactones) is 2. The van der Waals surface area contributed by atoms with Crippen molar-refractivity contribution >= 4 is 11.9 Å². The topological polar surface area (TPSA) is 93.1 Å². The molecule has 0 aliphatic carbocycles. The van der Waals surface area contributed by atoms with Crippen molar-refractivity contribution in [3.63, 3.8) is 0 Å². The fraction of sp³-hybridized carbons (Fsp3) is 0.250. The minimum Gasteiger partial charge on any atom is -0.418 e. The second-order valence-electron chi connectivity index (χ2n) is 2.90. The maximum absolute atomic E-state index is 10.7. The Kier molecular flexibility index (Phi) is 1.55. The van der Waals surface area contributed by atoms with Crippen LogP contribution in [0, 0.1) is 0 Å². The standard InChI is InChI=1S/C8H6O6/c9-5-1-3-7(11,13-5)8(12)4-2-6(10)14-8/h1-4,11-12H/t7-,8-/m1/s1. The minimum atomic E-state index is -2.34. The molecule has 0 saturated heterocycles. The van der Waals surface area contributed by atoms with Crippen molar-refractivity contribution in [2.45, 2.75) is 11.6 Å². The van der Waals surface area contributed by atoms with Crippen LogP contribution in [-0.2, 0) is 19.1 Å². The van der Waals surface area contributed by atoms with Crippen LogP contribution >= 0.6 is 0 Å². The first-order valence-corrected chi connectivity index (χ1v) is 3.74. The molecule has 2 rings (SSSR count). The van der Waals surface area contributed by atoms with Crippen molar-refractivity contribution in [1.82, 2.24) is 0 Å². The summed E-state index contributed by atoms with van der Waals surface area (Å²) in [5.74, 6) is -6.33. The van der Waals surface area contributed by atoms with E-state index in [9.17, 15) is 19.8 Å². The van der Waals surface area contributed by atoms with E-state index in [-0.39, 0.29) is 0 Å². The van der Waals surface area contributed by atoms with Crippen LogP contribution in [0.1, 0.15) is 0 Å². The second kappa shape index (κ2) is 2.43. The zero-order valence-electron chi connectivity index (χ0n) is 6.84. The molecule has 0 unspecified atom stereocenters. The third kappa shape index (κ3) is 1.05. The summed E-state index contributed by atoms with van der Waals surface area (Å²) in [6.07, 6.45) is 3.69. The van der Waals surface area contributed by atoms with Gasteiger partial charge in [0.15, 0.2) is 0 Å². The Bertz CT molecular complexity index is 334. The van der Waals surface area contributed by atoms with Gasteiger partial charge in [0.05, 0.1) is 0 Å². The highest BCUT2D eigenvalue weighted by atomic mass is 16.7. The normalized spacial score (nSPS) is 40.1. The molecule has 2 aliphatic rings. The van der Waals surface area contributed by atoms with Gasteiger partial charge in [-0.2, -0.15) is 0 Å². The SMILES string of the molecule is O=C1C=C[C@](O)([C@@]2(O)C=CC(=O)O2)O1. The highest BCUT2D eigenvalue weighted by molar-refractivity contribution is 5.87. The molecule has 0 saturated carbocycles. The van der Waals surface area contributed by atoms with Crippen LogP contribution in [0.5, 0.6) is 0 Å². The van der Waals surface area contributed by atoms with E-state index < -0.39 is 23.5 Å². The van der Waals surface area contributed by atoms with Gasteiger partial charge in [-0.15, -0.1) is 0 Å². The summed E-state index contributed by atoms with van der Waals surface area (Å²) in [7, 11) is 0. The maximum Gasteiger partial charge on any atom is 0.333 e. The molecule has 74 valence electrons. The first kappa shape index (κ1) is 8.92. The first-order chi connectivity index (χ1) is 6.45. The lowest BCUT2D eigenvalue weighted by Crippen LogP contribution is -2.53. The number of aliphatic hydroxyl groups is 2. The molecule has 0 aromatic heterocycles. The van der Waals surface area contributed by atoms with Gasteiger partial charge in [-0.1, -0.05) is 0 Å². The van der Waals surface area contributed by atoms with Gasteiger partial charge in [0, 0.05) is 24.3 Å². The summed E-state index contributed by atoms with van der Waals surface area (Å²) in [5, 5.41) is 19.3. The average Bonchev–Trinajstić information content (AvgIpc) is 2.59. The average molecular weight is 198 g/mol. The van der Waals surface area contributed by atoms with Gasteiger partial charge in [-0.3, -0.25) is 0 Å². The molecule has 2 aliphatic heterocycles. The van der Waals surface area contributed by atoms with Crippen LogP contribution in [-0.4, -0.2) is 33.7 Å². The van der Waals surface area contributed by atoms with Crippen LogP contribution in [0.15, 0.2) is 24.3 Å². The molecule has 0 aromatic rings. The monoisotopic (exact) mass is 198 g/mol. The van der Waals surface area contributed by atoms with Crippen LogP contribution in [0.25, 0.3) is 0 Å². The predicted octanol–water partition coefficient (Wildman–Crippen LogP) is -1.41. The molecule has 6 heteroatoms. The molecule has 0 aromatic carbocycles. The van der Waals surface area contributed by atoms with E-state index in [0.717, 1.165) is 24.3 Å². The highest BCUT2D eigenvalue weighted by Crippen LogP contribution is 2.34. The quantitative estimate of drug-likeness (QED) is 0.503. The minimum absolute atomic E-state index is 0.822. The predicted molar refractivity (Wildman–Crippen MR) is 40.4 cm³/mol. The van der Waals surface area contributed by atoms with Gasteiger partial charge in [0.2, 0.25) is 0 Å². The molecule has 0 amide bonds. The molecule has 2 atom stereocenters. The number of carbonyl (C=O) groups excluding carboxylic acids is 2. The molecule has 2 N–H and O–H groups in total. The first-order valence-electron chi connectivity index (χ1n) is 3.74. The van der Waals surface area contributed by atoms with Gasteiger partial charge in [0.25, 0.3) is 0 Å². The van der Waals surface area contributed by atoms with E-state index in [1.54, 1.807) is 0 Å².